The molecule has 0 aromatic rings. The standard InChI is InChI=1S/C10H18ClNO3/c1-2-3-4-12(9(13)7-11)8-10-14-5-6-15-10/h10H,2-8H2,1H3. The zero-order valence-corrected chi connectivity index (χ0v) is 9.83. The summed E-state index contributed by atoms with van der Waals surface area (Å²) in [6.45, 7) is 4.53. The Morgan fingerprint density at radius 3 is 2.67 bits per heavy atom. The lowest BCUT2D eigenvalue weighted by atomic mass is 10.3. The van der Waals surface area contributed by atoms with Crippen LogP contribution in [0.2, 0.25) is 0 Å². The van der Waals surface area contributed by atoms with E-state index in [2.05, 4.69) is 6.92 Å². The third-order valence-corrected chi connectivity index (χ3v) is 2.54. The van der Waals surface area contributed by atoms with Gasteiger partial charge in [0.05, 0.1) is 19.8 Å². The van der Waals surface area contributed by atoms with Crippen LogP contribution in [0.1, 0.15) is 19.8 Å². The molecule has 5 heteroatoms. The number of hydrogen-bond acceptors (Lipinski definition) is 3. The molecular weight excluding hydrogens is 218 g/mol. The number of hydrogen-bond donors (Lipinski definition) is 0. The lowest BCUT2D eigenvalue weighted by molar-refractivity contribution is -0.134. The van der Waals surface area contributed by atoms with Gasteiger partial charge in [0.2, 0.25) is 5.91 Å². The molecule has 0 bridgehead atoms. The van der Waals surface area contributed by atoms with Crippen molar-refractivity contribution in [3.05, 3.63) is 0 Å². The molecular formula is C10H18ClNO3. The number of amides is 1. The molecule has 4 nitrogen and oxygen atoms in total. The van der Waals surface area contributed by atoms with E-state index in [0.29, 0.717) is 19.8 Å². The van der Waals surface area contributed by atoms with Crippen LogP contribution in [0.5, 0.6) is 0 Å². The molecule has 0 radical (unpaired) electrons. The summed E-state index contributed by atoms with van der Waals surface area (Å²) in [5, 5.41) is 0. The van der Waals surface area contributed by atoms with E-state index < -0.39 is 0 Å². The predicted molar refractivity (Wildman–Crippen MR) is 57.9 cm³/mol. The SMILES string of the molecule is CCCCN(CC1OCCO1)C(=O)CCl. The second-order valence-electron chi connectivity index (χ2n) is 3.50. The van der Waals surface area contributed by atoms with Crippen molar-refractivity contribution in [1.82, 2.24) is 4.90 Å². The average Bonchev–Trinajstić information content (AvgIpc) is 2.75. The summed E-state index contributed by atoms with van der Waals surface area (Å²) in [4.78, 5) is 13.2. The first-order chi connectivity index (χ1) is 7.27. The largest absolute Gasteiger partial charge is 0.348 e. The Balaban J connectivity index is 2.36. The van der Waals surface area contributed by atoms with E-state index in [-0.39, 0.29) is 18.1 Å². The van der Waals surface area contributed by atoms with E-state index in [1.807, 2.05) is 0 Å². The fourth-order valence-corrected chi connectivity index (χ4v) is 1.61. The lowest BCUT2D eigenvalue weighted by Gasteiger charge is -2.24. The number of alkyl halides is 1. The molecule has 1 aliphatic heterocycles. The van der Waals surface area contributed by atoms with Crippen molar-refractivity contribution in [2.75, 3.05) is 32.2 Å². The summed E-state index contributed by atoms with van der Waals surface area (Å²) in [5.41, 5.74) is 0. The zero-order chi connectivity index (χ0) is 11.1. The number of carbonyl (C=O) groups excluding carboxylic acids is 1. The van der Waals surface area contributed by atoms with Gasteiger partial charge in [0.25, 0.3) is 0 Å². The second kappa shape index (κ2) is 7.04. The summed E-state index contributed by atoms with van der Waals surface area (Å²) >= 11 is 5.54. The minimum absolute atomic E-state index is 0.0242. The van der Waals surface area contributed by atoms with E-state index in [0.717, 1.165) is 19.4 Å². The van der Waals surface area contributed by atoms with E-state index in [4.69, 9.17) is 21.1 Å². The van der Waals surface area contributed by atoms with E-state index in [9.17, 15) is 4.79 Å². The van der Waals surface area contributed by atoms with E-state index >= 15 is 0 Å². The predicted octanol–water partition coefficient (Wildman–Crippen LogP) is 1.23. The third kappa shape index (κ3) is 4.36. The van der Waals surface area contributed by atoms with Gasteiger partial charge < -0.3 is 14.4 Å². The Hall–Kier alpha value is -0.320. The van der Waals surface area contributed by atoms with Crippen molar-refractivity contribution in [3.63, 3.8) is 0 Å². The van der Waals surface area contributed by atoms with Crippen LogP contribution in [-0.4, -0.2) is 49.3 Å². The number of ether oxygens (including phenoxy) is 2. The molecule has 1 fully saturated rings. The molecule has 0 unspecified atom stereocenters. The molecule has 1 rings (SSSR count). The Labute approximate surface area is 95.5 Å². The highest BCUT2D eigenvalue weighted by atomic mass is 35.5. The Morgan fingerprint density at radius 1 is 1.47 bits per heavy atom. The summed E-state index contributed by atoms with van der Waals surface area (Å²) in [5.74, 6) is -0.0274. The van der Waals surface area contributed by atoms with Crippen molar-refractivity contribution < 1.29 is 14.3 Å². The molecule has 1 saturated heterocycles. The number of rotatable bonds is 6. The van der Waals surface area contributed by atoms with E-state index in [1.54, 1.807) is 4.90 Å². The van der Waals surface area contributed by atoms with Crippen molar-refractivity contribution in [2.45, 2.75) is 26.1 Å². The Kier molecular flexibility index (Phi) is 5.98. The van der Waals surface area contributed by atoms with Gasteiger partial charge in [-0.2, -0.15) is 0 Å². The van der Waals surface area contributed by atoms with Crippen LogP contribution < -0.4 is 0 Å². The highest BCUT2D eigenvalue weighted by Crippen LogP contribution is 2.07. The number of carbonyl (C=O) groups is 1. The molecule has 1 amide bonds. The summed E-state index contributed by atoms with van der Waals surface area (Å²) < 4.78 is 10.6. The van der Waals surface area contributed by atoms with Crippen LogP contribution >= 0.6 is 11.6 Å². The fourth-order valence-electron chi connectivity index (χ4n) is 1.44. The third-order valence-electron chi connectivity index (χ3n) is 2.31. The van der Waals surface area contributed by atoms with E-state index in [1.165, 1.54) is 0 Å². The van der Waals surface area contributed by atoms with Crippen LogP contribution in [0.15, 0.2) is 0 Å². The van der Waals surface area contributed by atoms with Crippen molar-refractivity contribution in [2.24, 2.45) is 0 Å². The van der Waals surface area contributed by atoms with Crippen LogP contribution in [0, 0.1) is 0 Å². The number of unbranched alkanes of at least 4 members (excludes halogenated alkanes) is 1. The van der Waals surface area contributed by atoms with Gasteiger partial charge >= 0.3 is 0 Å². The maximum absolute atomic E-state index is 11.5. The minimum Gasteiger partial charge on any atom is -0.348 e. The fraction of sp³-hybridized carbons (Fsp3) is 0.900. The van der Waals surface area contributed by atoms with Crippen LogP contribution in [0.3, 0.4) is 0 Å². The summed E-state index contributed by atoms with van der Waals surface area (Å²) in [6.07, 6.45) is 1.77. The highest BCUT2D eigenvalue weighted by molar-refractivity contribution is 6.27. The minimum atomic E-state index is -0.269. The van der Waals surface area contributed by atoms with Gasteiger partial charge in [-0.3, -0.25) is 4.79 Å². The van der Waals surface area contributed by atoms with Crippen LogP contribution in [0.4, 0.5) is 0 Å². The second-order valence-corrected chi connectivity index (χ2v) is 3.77. The van der Waals surface area contributed by atoms with Gasteiger partial charge in [-0.05, 0) is 6.42 Å². The Bertz CT molecular complexity index is 195. The number of nitrogens with zero attached hydrogens (tertiary/aromatic N) is 1. The van der Waals surface area contributed by atoms with Gasteiger partial charge in [0.1, 0.15) is 5.88 Å². The average molecular weight is 236 g/mol. The number of halogens is 1. The van der Waals surface area contributed by atoms with Crippen molar-refractivity contribution in [3.8, 4) is 0 Å². The highest BCUT2D eigenvalue weighted by Gasteiger charge is 2.22. The topological polar surface area (TPSA) is 38.8 Å². The molecule has 0 atom stereocenters. The van der Waals surface area contributed by atoms with Crippen molar-refractivity contribution in [1.29, 1.82) is 0 Å². The maximum Gasteiger partial charge on any atom is 0.237 e. The monoisotopic (exact) mass is 235 g/mol. The lowest BCUT2D eigenvalue weighted by Crippen LogP contribution is -2.39. The quantitative estimate of drug-likeness (QED) is 0.650. The van der Waals surface area contributed by atoms with Crippen LogP contribution in [-0.2, 0) is 14.3 Å². The summed E-state index contributed by atoms with van der Waals surface area (Å²) in [7, 11) is 0. The van der Waals surface area contributed by atoms with Gasteiger partial charge in [0, 0.05) is 6.54 Å². The van der Waals surface area contributed by atoms with Gasteiger partial charge in [-0.15, -0.1) is 11.6 Å². The first kappa shape index (κ1) is 12.7. The maximum atomic E-state index is 11.5. The van der Waals surface area contributed by atoms with Gasteiger partial charge in [-0.1, -0.05) is 13.3 Å². The molecule has 1 heterocycles. The summed E-state index contributed by atoms with van der Waals surface area (Å²) in [6, 6.07) is 0. The van der Waals surface area contributed by atoms with Crippen molar-refractivity contribution >= 4 is 17.5 Å². The molecule has 0 saturated carbocycles. The smallest absolute Gasteiger partial charge is 0.237 e. The molecule has 0 aromatic carbocycles. The van der Waals surface area contributed by atoms with Gasteiger partial charge in [0.15, 0.2) is 6.29 Å². The Morgan fingerprint density at radius 2 is 2.13 bits per heavy atom. The molecule has 0 aliphatic carbocycles. The molecule has 15 heavy (non-hydrogen) atoms. The molecule has 0 aromatic heterocycles. The molecule has 1 aliphatic rings. The van der Waals surface area contributed by atoms with Crippen LogP contribution in [0.25, 0.3) is 0 Å². The normalized spacial score (nSPS) is 16.9. The molecule has 88 valence electrons. The molecule has 0 N–H and O–H groups in total. The first-order valence-electron chi connectivity index (χ1n) is 5.35. The first-order valence-corrected chi connectivity index (χ1v) is 5.88. The van der Waals surface area contributed by atoms with Gasteiger partial charge in [-0.25, -0.2) is 0 Å². The molecule has 0 spiro atoms. The zero-order valence-electron chi connectivity index (χ0n) is 9.08.